The number of nitrogens with zero attached hydrogens (tertiary/aromatic N) is 4. The third-order valence-electron chi connectivity index (χ3n) is 7.15. The summed E-state index contributed by atoms with van der Waals surface area (Å²) in [6.07, 6.45) is 1.93. The molecule has 0 fully saturated rings. The molecular weight excluding hydrogens is 514 g/mol. The van der Waals surface area contributed by atoms with E-state index in [9.17, 15) is 24.6 Å². The van der Waals surface area contributed by atoms with Crippen LogP contribution in [0.2, 0.25) is 0 Å². The fourth-order valence-electron chi connectivity index (χ4n) is 5.06. The molecule has 1 amide bonds. The first kappa shape index (κ1) is 29.1. The number of anilines is 1. The summed E-state index contributed by atoms with van der Waals surface area (Å²) in [5, 5.41) is 27.2. The summed E-state index contributed by atoms with van der Waals surface area (Å²) in [6.45, 7) is 6.62. The van der Waals surface area contributed by atoms with Crippen molar-refractivity contribution in [2.45, 2.75) is 52.9 Å². The zero-order chi connectivity index (χ0) is 29.4. The predicted octanol–water partition coefficient (Wildman–Crippen LogP) is 2.15. The lowest BCUT2D eigenvalue weighted by Gasteiger charge is -2.26. The molecule has 2 aromatic heterocycles. The lowest BCUT2D eigenvalue weighted by Crippen LogP contribution is -2.37. The Kier molecular flexibility index (Phi) is 7.93. The SMILES string of the molecule is CC[C@@](O)(C=O)c1c(N)c2n(c(=O)c1COC)Cc1c-2nc2ccccc2c1/C=N/N(CCO)C(=O)C(C)(C)C. The van der Waals surface area contributed by atoms with E-state index < -0.39 is 16.6 Å². The number of rotatable bonds is 9. The molecule has 0 bridgehead atoms. The Morgan fingerprint density at radius 1 is 1.30 bits per heavy atom. The van der Waals surface area contributed by atoms with E-state index in [-0.39, 0.29) is 55.4 Å². The summed E-state index contributed by atoms with van der Waals surface area (Å²) >= 11 is 0. The maximum Gasteiger partial charge on any atom is 0.257 e. The highest BCUT2D eigenvalue weighted by atomic mass is 16.5. The molecular formula is C29H35N5O6. The van der Waals surface area contributed by atoms with Crippen molar-refractivity contribution in [1.82, 2.24) is 14.6 Å². The largest absolute Gasteiger partial charge is 0.397 e. The molecule has 1 aliphatic rings. The third kappa shape index (κ3) is 4.80. The lowest BCUT2D eigenvalue weighted by molar-refractivity contribution is -0.140. The molecule has 0 saturated carbocycles. The van der Waals surface area contributed by atoms with Crippen LogP contribution < -0.4 is 11.3 Å². The smallest absolute Gasteiger partial charge is 0.257 e. The number of pyridine rings is 2. The number of ether oxygens (including phenoxy) is 1. The summed E-state index contributed by atoms with van der Waals surface area (Å²) < 4.78 is 6.73. The Morgan fingerprint density at radius 3 is 2.60 bits per heavy atom. The molecule has 1 atom stereocenters. The molecule has 0 spiro atoms. The molecule has 4 rings (SSSR count). The quantitative estimate of drug-likeness (QED) is 0.163. The van der Waals surface area contributed by atoms with Crippen molar-refractivity contribution in [1.29, 1.82) is 0 Å². The number of nitrogens with two attached hydrogens (primary N) is 1. The summed E-state index contributed by atoms with van der Waals surface area (Å²) in [7, 11) is 1.41. The zero-order valence-electron chi connectivity index (χ0n) is 23.4. The number of hydrazone groups is 1. The summed E-state index contributed by atoms with van der Waals surface area (Å²) in [6, 6.07) is 7.35. The number of carbonyl (C=O) groups excluding carboxylic acids is 2. The average molecular weight is 550 g/mol. The van der Waals surface area contributed by atoms with Gasteiger partial charge in [0.1, 0.15) is 5.60 Å². The van der Waals surface area contributed by atoms with E-state index in [1.807, 2.05) is 24.3 Å². The van der Waals surface area contributed by atoms with E-state index in [0.29, 0.717) is 34.3 Å². The molecule has 0 unspecified atom stereocenters. The third-order valence-corrected chi connectivity index (χ3v) is 7.15. The molecule has 0 radical (unpaired) electrons. The second-order valence-corrected chi connectivity index (χ2v) is 10.9. The first-order valence-corrected chi connectivity index (χ1v) is 13.1. The van der Waals surface area contributed by atoms with Crippen LogP contribution in [-0.2, 0) is 33.1 Å². The Morgan fingerprint density at radius 2 is 2.00 bits per heavy atom. The van der Waals surface area contributed by atoms with Gasteiger partial charge in [-0.3, -0.25) is 14.4 Å². The zero-order valence-corrected chi connectivity index (χ0v) is 23.4. The van der Waals surface area contributed by atoms with Gasteiger partial charge >= 0.3 is 0 Å². The van der Waals surface area contributed by atoms with Crippen molar-refractivity contribution in [3.05, 3.63) is 56.9 Å². The predicted molar refractivity (Wildman–Crippen MR) is 152 cm³/mol. The maximum absolute atomic E-state index is 13.8. The minimum absolute atomic E-state index is 0.00127. The van der Waals surface area contributed by atoms with Crippen molar-refractivity contribution in [2.24, 2.45) is 10.5 Å². The standard InChI is InChI=1S/C29H35N5O6/c1-6-29(39,16-36)22-20(15-40-5)26(37)33-14-19-18(13-31-34(11-12-35)27(38)28(2,3)4)17-9-7-8-10-21(17)32-24(19)25(33)23(22)30/h7-10,13,16,35,39H,6,11-12,14-15,30H2,1-5H3/b31-13+/t29-/m1/s1. The van der Waals surface area contributed by atoms with E-state index in [1.165, 1.54) is 16.7 Å². The molecule has 11 heteroatoms. The van der Waals surface area contributed by atoms with Gasteiger partial charge in [0, 0.05) is 34.6 Å². The number of carbonyl (C=O) groups is 2. The molecule has 212 valence electrons. The number of hydrogen-bond acceptors (Lipinski definition) is 9. The van der Waals surface area contributed by atoms with E-state index >= 15 is 0 Å². The van der Waals surface area contributed by atoms with Crippen LogP contribution in [-0.4, -0.2) is 63.4 Å². The second kappa shape index (κ2) is 10.9. The number of aldehydes is 1. The maximum atomic E-state index is 13.8. The van der Waals surface area contributed by atoms with Crippen LogP contribution in [0.15, 0.2) is 34.2 Å². The van der Waals surface area contributed by atoms with Gasteiger partial charge in [-0.2, -0.15) is 5.10 Å². The number of benzene rings is 1. The van der Waals surface area contributed by atoms with Gasteiger partial charge in [0.05, 0.1) is 60.7 Å². The summed E-state index contributed by atoms with van der Waals surface area (Å²) in [5.74, 6) is -0.266. The van der Waals surface area contributed by atoms with Gasteiger partial charge in [0.25, 0.3) is 5.56 Å². The fraction of sp³-hybridized carbons (Fsp3) is 0.414. The van der Waals surface area contributed by atoms with Gasteiger partial charge < -0.3 is 25.3 Å². The van der Waals surface area contributed by atoms with Crippen LogP contribution in [0.3, 0.4) is 0 Å². The number of aliphatic hydroxyl groups excluding tert-OH is 1. The number of para-hydroxylation sites is 1. The fourth-order valence-corrected chi connectivity index (χ4v) is 5.06. The van der Waals surface area contributed by atoms with Crippen LogP contribution in [0, 0.1) is 5.41 Å². The average Bonchev–Trinajstić information content (AvgIpc) is 3.31. The van der Waals surface area contributed by atoms with Gasteiger partial charge in [0.2, 0.25) is 5.91 Å². The highest BCUT2D eigenvalue weighted by molar-refractivity contribution is 6.03. The number of hydrogen-bond donors (Lipinski definition) is 3. The molecule has 40 heavy (non-hydrogen) atoms. The number of methoxy groups -OCH3 is 1. The molecule has 3 heterocycles. The van der Waals surface area contributed by atoms with Crippen molar-refractivity contribution in [3.8, 4) is 11.4 Å². The van der Waals surface area contributed by atoms with Crippen LogP contribution in [0.25, 0.3) is 22.3 Å². The van der Waals surface area contributed by atoms with E-state index in [0.717, 1.165) is 5.39 Å². The van der Waals surface area contributed by atoms with Crippen LogP contribution in [0.1, 0.15) is 56.4 Å². The molecule has 1 aliphatic heterocycles. The molecule has 0 saturated heterocycles. The summed E-state index contributed by atoms with van der Waals surface area (Å²) in [5.41, 5.74) is 6.23. The van der Waals surface area contributed by atoms with Gasteiger partial charge in [-0.25, -0.2) is 9.99 Å². The number of amides is 1. The Balaban J connectivity index is 2.02. The Labute approximate surface area is 231 Å². The van der Waals surface area contributed by atoms with Gasteiger partial charge in [-0.05, 0) is 12.5 Å². The second-order valence-electron chi connectivity index (χ2n) is 10.9. The van der Waals surface area contributed by atoms with E-state index in [4.69, 9.17) is 15.5 Å². The Hall–Kier alpha value is -3.93. The van der Waals surface area contributed by atoms with Crippen LogP contribution in [0.5, 0.6) is 0 Å². The van der Waals surface area contributed by atoms with Gasteiger partial charge in [0.15, 0.2) is 6.29 Å². The first-order valence-electron chi connectivity index (χ1n) is 13.1. The number of aliphatic hydroxyl groups is 2. The van der Waals surface area contributed by atoms with Crippen molar-refractivity contribution in [3.63, 3.8) is 0 Å². The number of fused-ring (bicyclic) bond motifs is 4. The van der Waals surface area contributed by atoms with Crippen LogP contribution in [0.4, 0.5) is 5.69 Å². The molecule has 11 nitrogen and oxygen atoms in total. The number of aromatic nitrogens is 2. The molecule has 3 aromatic rings. The minimum Gasteiger partial charge on any atom is -0.397 e. The van der Waals surface area contributed by atoms with Crippen molar-refractivity contribution >= 4 is 35.0 Å². The molecule has 0 aliphatic carbocycles. The lowest BCUT2D eigenvalue weighted by atomic mass is 9.87. The molecule has 1 aromatic carbocycles. The number of nitrogen functional groups attached to an aromatic ring is 1. The van der Waals surface area contributed by atoms with Gasteiger partial charge in [-0.1, -0.05) is 45.9 Å². The monoisotopic (exact) mass is 549 g/mol. The highest BCUT2D eigenvalue weighted by Gasteiger charge is 2.38. The van der Waals surface area contributed by atoms with Crippen molar-refractivity contribution in [2.75, 3.05) is 26.0 Å². The minimum atomic E-state index is -1.99. The molecule has 4 N–H and O–H groups in total. The van der Waals surface area contributed by atoms with Crippen LogP contribution >= 0.6 is 0 Å². The van der Waals surface area contributed by atoms with E-state index in [1.54, 1.807) is 33.9 Å². The van der Waals surface area contributed by atoms with E-state index in [2.05, 4.69) is 5.10 Å². The van der Waals surface area contributed by atoms with Crippen molar-refractivity contribution < 1.29 is 24.5 Å². The van der Waals surface area contributed by atoms with Gasteiger partial charge in [-0.15, -0.1) is 0 Å². The highest BCUT2D eigenvalue weighted by Crippen LogP contribution is 2.42. The topological polar surface area (TPSA) is 160 Å². The normalized spacial score (nSPS) is 14.3. The first-order chi connectivity index (χ1) is 18.9. The Bertz CT molecular complexity index is 1570. The summed E-state index contributed by atoms with van der Waals surface area (Å²) in [4.78, 5) is 43.6.